The molecule has 0 unspecified atom stereocenters. The van der Waals surface area contributed by atoms with Crippen LogP contribution in [0.4, 0.5) is 11.4 Å². The molecule has 0 spiro atoms. The molecular formula is C18H27N3O2. The molecule has 1 aliphatic rings. The van der Waals surface area contributed by atoms with Crippen LogP contribution in [0.2, 0.25) is 0 Å². The Morgan fingerprint density at radius 2 is 1.91 bits per heavy atom. The van der Waals surface area contributed by atoms with Crippen LogP contribution in [0.5, 0.6) is 0 Å². The number of nitrogens with one attached hydrogen (secondary N) is 2. The van der Waals surface area contributed by atoms with Crippen molar-refractivity contribution in [3.63, 3.8) is 0 Å². The average Bonchev–Trinajstić information content (AvgIpc) is 2.56. The van der Waals surface area contributed by atoms with Crippen molar-refractivity contribution in [2.24, 2.45) is 11.7 Å². The van der Waals surface area contributed by atoms with E-state index >= 15 is 0 Å². The Morgan fingerprint density at radius 1 is 1.17 bits per heavy atom. The number of benzene rings is 1. The molecule has 126 valence electrons. The molecule has 5 nitrogen and oxygen atoms in total. The number of hydrogen-bond acceptors (Lipinski definition) is 3. The molecule has 2 rings (SSSR count). The number of amides is 2. The van der Waals surface area contributed by atoms with Crippen LogP contribution in [-0.2, 0) is 9.59 Å². The molecule has 0 heterocycles. The Balaban J connectivity index is 1.98. The highest BCUT2D eigenvalue weighted by Gasteiger charge is 2.21. The molecule has 5 heteroatoms. The fourth-order valence-electron chi connectivity index (χ4n) is 2.92. The Hall–Kier alpha value is -1.88. The Morgan fingerprint density at radius 3 is 2.61 bits per heavy atom. The summed E-state index contributed by atoms with van der Waals surface area (Å²) in [5.74, 6) is 0.163. The van der Waals surface area contributed by atoms with Crippen LogP contribution < -0.4 is 16.4 Å². The summed E-state index contributed by atoms with van der Waals surface area (Å²) >= 11 is 0. The zero-order valence-electron chi connectivity index (χ0n) is 13.9. The second kappa shape index (κ2) is 8.67. The average molecular weight is 317 g/mol. The lowest BCUT2D eigenvalue weighted by Crippen LogP contribution is -2.24. The second-order valence-corrected chi connectivity index (χ2v) is 6.29. The van der Waals surface area contributed by atoms with Crippen LogP contribution in [-0.4, -0.2) is 18.4 Å². The number of rotatable bonds is 6. The van der Waals surface area contributed by atoms with Gasteiger partial charge in [0.1, 0.15) is 0 Å². The lowest BCUT2D eigenvalue weighted by atomic mass is 9.88. The van der Waals surface area contributed by atoms with Gasteiger partial charge in [-0.3, -0.25) is 9.59 Å². The molecule has 1 fully saturated rings. The topological polar surface area (TPSA) is 84.2 Å². The number of carbonyl (C=O) groups is 2. The first-order valence-corrected chi connectivity index (χ1v) is 8.51. The van der Waals surface area contributed by atoms with Gasteiger partial charge in [0.2, 0.25) is 11.8 Å². The monoisotopic (exact) mass is 317 g/mol. The van der Waals surface area contributed by atoms with E-state index in [4.69, 9.17) is 5.73 Å². The van der Waals surface area contributed by atoms with Crippen molar-refractivity contribution in [3.8, 4) is 0 Å². The predicted molar refractivity (Wildman–Crippen MR) is 93.3 cm³/mol. The van der Waals surface area contributed by atoms with Gasteiger partial charge < -0.3 is 16.4 Å². The molecule has 4 N–H and O–H groups in total. The Labute approximate surface area is 138 Å². The smallest absolute Gasteiger partial charge is 0.227 e. The van der Waals surface area contributed by atoms with Gasteiger partial charge in [-0.15, -0.1) is 0 Å². The third-order valence-electron chi connectivity index (χ3n) is 4.36. The van der Waals surface area contributed by atoms with E-state index in [1.54, 1.807) is 0 Å². The van der Waals surface area contributed by atoms with Crippen LogP contribution in [0.25, 0.3) is 0 Å². The largest absolute Gasteiger partial charge is 0.330 e. The molecule has 1 aliphatic carbocycles. The summed E-state index contributed by atoms with van der Waals surface area (Å²) in [6.07, 6.45) is 6.52. The van der Waals surface area contributed by atoms with Gasteiger partial charge in [0.25, 0.3) is 0 Å². The van der Waals surface area contributed by atoms with E-state index < -0.39 is 0 Å². The number of anilines is 2. The molecule has 1 saturated carbocycles. The van der Waals surface area contributed by atoms with Gasteiger partial charge in [-0.2, -0.15) is 0 Å². The molecule has 0 radical (unpaired) electrons. The highest BCUT2D eigenvalue weighted by Crippen LogP contribution is 2.26. The fourth-order valence-corrected chi connectivity index (χ4v) is 2.92. The van der Waals surface area contributed by atoms with Gasteiger partial charge in [0.15, 0.2) is 0 Å². The van der Waals surface area contributed by atoms with E-state index in [0.29, 0.717) is 19.4 Å². The molecule has 0 saturated heterocycles. The van der Waals surface area contributed by atoms with E-state index in [-0.39, 0.29) is 17.7 Å². The van der Waals surface area contributed by atoms with Crippen LogP contribution >= 0.6 is 0 Å². The molecule has 0 bridgehead atoms. The summed E-state index contributed by atoms with van der Waals surface area (Å²) in [6, 6.07) is 5.62. The van der Waals surface area contributed by atoms with E-state index in [1.165, 1.54) is 6.42 Å². The normalized spacial score (nSPS) is 15.2. The standard InChI is InChI=1S/C18H27N3O2/c1-13-9-10-15(12-16(13)21-17(22)8-5-11-19)20-18(23)14-6-3-2-4-7-14/h9-10,12,14H,2-8,11,19H2,1H3,(H,20,23)(H,21,22). The third kappa shape index (κ3) is 5.36. The zero-order chi connectivity index (χ0) is 16.7. The van der Waals surface area contributed by atoms with Gasteiger partial charge in [-0.25, -0.2) is 0 Å². The molecule has 1 aromatic carbocycles. The minimum absolute atomic E-state index is 0.0469. The van der Waals surface area contributed by atoms with Gasteiger partial charge in [0, 0.05) is 23.7 Å². The summed E-state index contributed by atoms with van der Waals surface area (Å²) in [5.41, 5.74) is 7.88. The molecule has 2 amide bonds. The van der Waals surface area contributed by atoms with Crippen molar-refractivity contribution in [1.29, 1.82) is 0 Å². The molecule has 23 heavy (non-hydrogen) atoms. The Kier molecular flexibility index (Phi) is 6.59. The summed E-state index contributed by atoms with van der Waals surface area (Å²) in [6.45, 7) is 2.44. The molecular weight excluding hydrogens is 290 g/mol. The van der Waals surface area contributed by atoms with Crippen molar-refractivity contribution >= 4 is 23.2 Å². The van der Waals surface area contributed by atoms with Crippen molar-refractivity contribution in [1.82, 2.24) is 0 Å². The minimum atomic E-state index is -0.0469. The first kappa shape index (κ1) is 17.5. The van der Waals surface area contributed by atoms with E-state index in [2.05, 4.69) is 10.6 Å². The summed E-state index contributed by atoms with van der Waals surface area (Å²) < 4.78 is 0. The lowest BCUT2D eigenvalue weighted by Gasteiger charge is -2.21. The minimum Gasteiger partial charge on any atom is -0.330 e. The first-order valence-electron chi connectivity index (χ1n) is 8.51. The quantitative estimate of drug-likeness (QED) is 0.753. The van der Waals surface area contributed by atoms with Crippen LogP contribution in [0.15, 0.2) is 18.2 Å². The second-order valence-electron chi connectivity index (χ2n) is 6.29. The van der Waals surface area contributed by atoms with E-state index in [1.807, 2.05) is 25.1 Å². The first-order chi connectivity index (χ1) is 11.1. The van der Waals surface area contributed by atoms with E-state index in [0.717, 1.165) is 42.6 Å². The lowest BCUT2D eigenvalue weighted by molar-refractivity contribution is -0.120. The maximum Gasteiger partial charge on any atom is 0.227 e. The van der Waals surface area contributed by atoms with E-state index in [9.17, 15) is 9.59 Å². The van der Waals surface area contributed by atoms with Gasteiger partial charge in [-0.1, -0.05) is 25.3 Å². The predicted octanol–water partition coefficient (Wildman–Crippen LogP) is 3.19. The molecule has 0 atom stereocenters. The number of carbonyl (C=O) groups excluding carboxylic acids is 2. The third-order valence-corrected chi connectivity index (χ3v) is 4.36. The zero-order valence-corrected chi connectivity index (χ0v) is 13.9. The van der Waals surface area contributed by atoms with Crippen LogP contribution in [0.3, 0.4) is 0 Å². The highest BCUT2D eigenvalue weighted by atomic mass is 16.2. The van der Waals surface area contributed by atoms with Crippen molar-refractivity contribution in [2.45, 2.75) is 51.9 Å². The maximum absolute atomic E-state index is 12.3. The molecule has 0 aliphatic heterocycles. The van der Waals surface area contributed by atoms with Crippen LogP contribution in [0, 0.1) is 12.8 Å². The van der Waals surface area contributed by atoms with Crippen molar-refractivity contribution in [2.75, 3.05) is 17.2 Å². The molecule has 0 aromatic heterocycles. The summed E-state index contributed by atoms with van der Waals surface area (Å²) in [7, 11) is 0. The Bertz CT molecular complexity index is 551. The summed E-state index contributed by atoms with van der Waals surface area (Å²) in [5, 5.41) is 5.88. The summed E-state index contributed by atoms with van der Waals surface area (Å²) in [4.78, 5) is 24.2. The maximum atomic E-state index is 12.3. The SMILES string of the molecule is Cc1ccc(NC(=O)C2CCCCC2)cc1NC(=O)CCCN. The number of aryl methyl sites for hydroxylation is 1. The number of hydrogen-bond donors (Lipinski definition) is 3. The van der Waals surface area contributed by atoms with Crippen molar-refractivity contribution in [3.05, 3.63) is 23.8 Å². The van der Waals surface area contributed by atoms with Gasteiger partial charge >= 0.3 is 0 Å². The number of nitrogens with two attached hydrogens (primary N) is 1. The molecule has 1 aromatic rings. The highest BCUT2D eigenvalue weighted by molar-refractivity contribution is 5.95. The fraction of sp³-hybridized carbons (Fsp3) is 0.556. The van der Waals surface area contributed by atoms with Crippen molar-refractivity contribution < 1.29 is 9.59 Å². The van der Waals surface area contributed by atoms with Gasteiger partial charge in [-0.05, 0) is 50.4 Å². The van der Waals surface area contributed by atoms with Crippen LogP contribution in [0.1, 0.15) is 50.5 Å². The van der Waals surface area contributed by atoms with Gasteiger partial charge in [0.05, 0.1) is 0 Å².